The number of ether oxygens (including phenoxy) is 1. The summed E-state index contributed by atoms with van der Waals surface area (Å²) in [7, 11) is 0. The van der Waals surface area contributed by atoms with Crippen molar-refractivity contribution in [1.82, 2.24) is 0 Å². The zero-order valence-electron chi connectivity index (χ0n) is 8.03. The van der Waals surface area contributed by atoms with Crippen LogP contribution in [0.5, 0.6) is 5.75 Å². The Bertz CT molecular complexity index is 328. The molecule has 1 aromatic rings. The lowest BCUT2D eigenvalue weighted by atomic mass is 9.97. The van der Waals surface area contributed by atoms with Gasteiger partial charge in [-0.25, -0.2) is 0 Å². The monoisotopic (exact) mass is 174 g/mol. The Kier molecular flexibility index (Phi) is 2.09. The molecule has 0 fully saturated rings. The van der Waals surface area contributed by atoms with Crippen LogP contribution in [0.1, 0.15) is 25.3 Å². The van der Waals surface area contributed by atoms with Gasteiger partial charge in [-0.05, 0) is 19.1 Å². The van der Waals surface area contributed by atoms with Crippen LogP contribution in [0, 0.1) is 0 Å². The molecule has 2 atom stereocenters. The van der Waals surface area contributed by atoms with Crippen molar-refractivity contribution in [2.75, 3.05) is 0 Å². The molecule has 1 aliphatic heterocycles. The molecule has 0 saturated carbocycles. The Morgan fingerprint density at radius 2 is 2.08 bits per heavy atom. The summed E-state index contributed by atoms with van der Waals surface area (Å²) in [6, 6.07) is 8.26. The second-order valence-corrected chi connectivity index (χ2v) is 3.43. The van der Waals surface area contributed by atoms with Gasteiger partial charge >= 0.3 is 0 Å². The van der Waals surface area contributed by atoms with E-state index in [1.807, 2.05) is 25.1 Å². The average molecular weight is 174 g/mol. The van der Waals surface area contributed by atoms with Crippen molar-refractivity contribution in [3.05, 3.63) is 42.0 Å². The molecule has 0 aliphatic carbocycles. The number of hydrogen-bond donors (Lipinski definition) is 0. The van der Waals surface area contributed by atoms with E-state index in [1.54, 1.807) is 0 Å². The van der Waals surface area contributed by atoms with Gasteiger partial charge in [-0.15, -0.1) is 0 Å². The van der Waals surface area contributed by atoms with Gasteiger partial charge < -0.3 is 4.74 Å². The third-order valence-corrected chi connectivity index (χ3v) is 2.55. The Morgan fingerprint density at radius 1 is 1.31 bits per heavy atom. The van der Waals surface area contributed by atoms with E-state index in [1.165, 1.54) is 5.56 Å². The van der Waals surface area contributed by atoms with E-state index in [-0.39, 0.29) is 6.10 Å². The fourth-order valence-corrected chi connectivity index (χ4v) is 1.79. The van der Waals surface area contributed by atoms with Gasteiger partial charge in [-0.2, -0.15) is 0 Å². The molecular weight excluding hydrogens is 160 g/mol. The van der Waals surface area contributed by atoms with E-state index in [0.717, 1.165) is 5.75 Å². The molecule has 0 bridgehead atoms. The number of benzene rings is 1. The minimum Gasteiger partial charge on any atom is -0.485 e. The molecule has 0 spiro atoms. The first kappa shape index (κ1) is 8.36. The Balaban J connectivity index is 2.32. The zero-order valence-corrected chi connectivity index (χ0v) is 8.03. The lowest BCUT2D eigenvalue weighted by Gasteiger charge is -2.09. The summed E-state index contributed by atoms with van der Waals surface area (Å²) >= 11 is 0. The standard InChI is InChI=1S/C12H14O/c1-3-6-11-9(2)10-7-4-5-8-12(10)13-11/h3-9,11H,1-2H3/b6-3+/t9-,11+/m1/s1. The van der Waals surface area contributed by atoms with Gasteiger partial charge in [0, 0.05) is 11.5 Å². The highest BCUT2D eigenvalue weighted by molar-refractivity contribution is 5.41. The van der Waals surface area contributed by atoms with Crippen LogP contribution in [-0.4, -0.2) is 6.10 Å². The summed E-state index contributed by atoms with van der Waals surface area (Å²) in [6.07, 6.45) is 4.39. The lowest BCUT2D eigenvalue weighted by Crippen LogP contribution is -2.12. The molecule has 0 unspecified atom stereocenters. The van der Waals surface area contributed by atoms with Gasteiger partial charge in [0.05, 0.1) is 0 Å². The van der Waals surface area contributed by atoms with E-state index in [0.29, 0.717) is 5.92 Å². The normalized spacial score (nSPS) is 26.0. The first-order valence-corrected chi connectivity index (χ1v) is 4.71. The predicted octanol–water partition coefficient (Wildman–Crippen LogP) is 3.13. The second-order valence-electron chi connectivity index (χ2n) is 3.43. The minimum absolute atomic E-state index is 0.224. The Labute approximate surface area is 79.0 Å². The molecule has 1 nitrogen and oxygen atoms in total. The third-order valence-electron chi connectivity index (χ3n) is 2.55. The summed E-state index contributed by atoms with van der Waals surface area (Å²) in [5.41, 5.74) is 1.32. The van der Waals surface area contributed by atoms with Crippen LogP contribution in [0.2, 0.25) is 0 Å². The van der Waals surface area contributed by atoms with Gasteiger partial charge in [0.25, 0.3) is 0 Å². The molecular formula is C12H14O. The quantitative estimate of drug-likeness (QED) is 0.594. The summed E-state index contributed by atoms with van der Waals surface area (Å²) < 4.78 is 5.77. The fourth-order valence-electron chi connectivity index (χ4n) is 1.79. The molecule has 0 amide bonds. The van der Waals surface area contributed by atoms with Gasteiger partial charge in [0.15, 0.2) is 0 Å². The van der Waals surface area contributed by atoms with Crippen LogP contribution in [0.4, 0.5) is 0 Å². The highest BCUT2D eigenvalue weighted by atomic mass is 16.5. The molecule has 0 aromatic heterocycles. The molecule has 1 aliphatic rings. The minimum atomic E-state index is 0.224. The maximum atomic E-state index is 5.77. The van der Waals surface area contributed by atoms with Gasteiger partial charge in [-0.1, -0.05) is 31.2 Å². The number of para-hydroxylation sites is 1. The lowest BCUT2D eigenvalue weighted by molar-refractivity contribution is 0.261. The van der Waals surface area contributed by atoms with Crippen LogP contribution in [0.25, 0.3) is 0 Å². The third kappa shape index (κ3) is 1.35. The van der Waals surface area contributed by atoms with Crippen molar-refractivity contribution in [3.63, 3.8) is 0 Å². The summed E-state index contributed by atoms with van der Waals surface area (Å²) in [5, 5.41) is 0. The summed E-state index contributed by atoms with van der Waals surface area (Å²) in [5.74, 6) is 1.52. The van der Waals surface area contributed by atoms with E-state index < -0.39 is 0 Å². The van der Waals surface area contributed by atoms with Crippen molar-refractivity contribution in [2.45, 2.75) is 25.9 Å². The summed E-state index contributed by atoms with van der Waals surface area (Å²) in [4.78, 5) is 0. The first-order chi connectivity index (χ1) is 6.33. The second kappa shape index (κ2) is 3.25. The van der Waals surface area contributed by atoms with Crippen LogP contribution in [0.3, 0.4) is 0 Å². The van der Waals surface area contributed by atoms with Crippen molar-refractivity contribution < 1.29 is 4.74 Å². The highest BCUT2D eigenvalue weighted by Gasteiger charge is 2.27. The molecule has 1 heteroatoms. The predicted molar refractivity (Wildman–Crippen MR) is 54.1 cm³/mol. The van der Waals surface area contributed by atoms with Crippen LogP contribution in [-0.2, 0) is 0 Å². The van der Waals surface area contributed by atoms with Crippen LogP contribution < -0.4 is 4.74 Å². The van der Waals surface area contributed by atoms with Crippen molar-refractivity contribution in [3.8, 4) is 5.75 Å². The topological polar surface area (TPSA) is 9.23 Å². The molecule has 0 saturated heterocycles. The molecule has 1 heterocycles. The number of allylic oxidation sites excluding steroid dienone is 1. The van der Waals surface area contributed by atoms with Crippen molar-refractivity contribution in [1.29, 1.82) is 0 Å². The molecule has 1 aromatic carbocycles. The Morgan fingerprint density at radius 3 is 2.77 bits per heavy atom. The van der Waals surface area contributed by atoms with E-state index >= 15 is 0 Å². The summed E-state index contributed by atoms with van der Waals surface area (Å²) in [6.45, 7) is 4.23. The van der Waals surface area contributed by atoms with Crippen molar-refractivity contribution in [2.24, 2.45) is 0 Å². The zero-order chi connectivity index (χ0) is 9.26. The van der Waals surface area contributed by atoms with Crippen LogP contribution >= 0.6 is 0 Å². The van der Waals surface area contributed by atoms with Gasteiger partial charge in [0.2, 0.25) is 0 Å². The maximum Gasteiger partial charge on any atom is 0.124 e. The number of hydrogen-bond acceptors (Lipinski definition) is 1. The molecule has 0 N–H and O–H groups in total. The number of fused-ring (bicyclic) bond motifs is 1. The molecule has 68 valence electrons. The van der Waals surface area contributed by atoms with E-state index in [4.69, 9.17) is 4.74 Å². The maximum absolute atomic E-state index is 5.77. The van der Waals surface area contributed by atoms with Crippen LogP contribution in [0.15, 0.2) is 36.4 Å². The molecule has 2 rings (SSSR count). The fraction of sp³-hybridized carbons (Fsp3) is 0.333. The Hall–Kier alpha value is -1.24. The van der Waals surface area contributed by atoms with E-state index in [2.05, 4.69) is 25.1 Å². The smallest absolute Gasteiger partial charge is 0.124 e. The largest absolute Gasteiger partial charge is 0.485 e. The SMILES string of the molecule is C/C=C/[C@@H]1Oc2ccccc2[C@H]1C. The average Bonchev–Trinajstić information content (AvgIpc) is 2.46. The van der Waals surface area contributed by atoms with Gasteiger partial charge in [-0.3, -0.25) is 0 Å². The highest BCUT2D eigenvalue weighted by Crippen LogP contribution is 2.37. The van der Waals surface area contributed by atoms with Crippen molar-refractivity contribution >= 4 is 0 Å². The molecule has 13 heavy (non-hydrogen) atoms. The number of rotatable bonds is 1. The van der Waals surface area contributed by atoms with E-state index in [9.17, 15) is 0 Å². The molecule has 0 radical (unpaired) electrons. The first-order valence-electron chi connectivity index (χ1n) is 4.71. The van der Waals surface area contributed by atoms with Gasteiger partial charge in [0.1, 0.15) is 11.9 Å².